The van der Waals surface area contributed by atoms with Gasteiger partial charge in [0.15, 0.2) is 0 Å². The monoisotopic (exact) mass is 256 g/mol. The zero-order valence-corrected chi connectivity index (χ0v) is 13.4. The molecule has 0 rings (SSSR count). The predicted octanol–water partition coefficient (Wildman–Crippen LogP) is 4.96. The first-order valence-electron chi connectivity index (χ1n) is 7.21. The fourth-order valence-corrected chi connectivity index (χ4v) is 2.72. The Balaban J connectivity index is 3.80. The highest BCUT2D eigenvalue weighted by molar-refractivity contribution is 5.69. The summed E-state index contributed by atoms with van der Waals surface area (Å²) in [5, 5.41) is 0. The Morgan fingerprint density at radius 2 is 1.61 bits per heavy atom. The molecule has 0 saturated heterocycles. The standard InChI is InChI=1S/C16H32O2/c1-13(2)18-14(17)10-8-9-11-16(6,7)12-15(3,4)5/h13H,8-12H2,1-7H3. The molecule has 0 saturated carbocycles. The summed E-state index contributed by atoms with van der Waals surface area (Å²) in [6.45, 7) is 15.3. The first kappa shape index (κ1) is 17.5. The van der Waals surface area contributed by atoms with Crippen LogP contribution in [-0.2, 0) is 9.53 Å². The summed E-state index contributed by atoms with van der Waals surface area (Å²) in [7, 11) is 0. The van der Waals surface area contributed by atoms with Crippen molar-refractivity contribution < 1.29 is 9.53 Å². The highest BCUT2D eigenvalue weighted by atomic mass is 16.5. The van der Waals surface area contributed by atoms with E-state index in [9.17, 15) is 4.79 Å². The quantitative estimate of drug-likeness (QED) is 0.475. The van der Waals surface area contributed by atoms with Crippen LogP contribution in [0.2, 0.25) is 0 Å². The molecule has 0 aliphatic carbocycles. The Kier molecular flexibility index (Phi) is 6.94. The average Bonchev–Trinajstić information content (AvgIpc) is 2.07. The highest BCUT2D eigenvalue weighted by Gasteiger charge is 2.24. The second-order valence-electron chi connectivity index (χ2n) is 7.65. The zero-order valence-electron chi connectivity index (χ0n) is 13.4. The molecular weight excluding hydrogens is 224 g/mol. The van der Waals surface area contributed by atoms with Crippen molar-refractivity contribution in [2.75, 3.05) is 0 Å². The fourth-order valence-electron chi connectivity index (χ4n) is 2.72. The molecule has 0 fully saturated rings. The van der Waals surface area contributed by atoms with E-state index in [4.69, 9.17) is 4.74 Å². The van der Waals surface area contributed by atoms with Gasteiger partial charge in [-0.25, -0.2) is 0 Å². The van der Waals surface area contributed by atoms with Crippen LogP contribution in [0.3, 0.4) is 0 Å². The summed E-state index contributed by atoms with van der Waals surface area (Å²) in [6.07, 6.45) is 5.02. The van der Waals surface area contributed by atoms with E-state index in [0.29, 0.717) is 17.3 Å². The fraction of sp³-hybridized carbons (Fsp3) is 0.938. The smallest absolute Gasteiger partial charge is 0.306 e. The maximum atomic E-state index is 11.4. The zero-order chi connectivity index (χ0) is 14.4. The molecule has 0 unspecified atom stereocenters. The minimum Gasteiger partial charge on any atom is -0.463 e. The number of ether oxygens (including phenoxy) is 1. The lowest BCUT2D eigenvalue weighted by Gasteiger charge is -2.32. The number of carbonyl (C=O) groups excluding carboxylic acids is 1. The van der Waals surface area contributed by atoms with Gasteiger partial charge < -0.3 is 4.74 Å². The minimum atomic E-state index is -0.0568. The van der Waals surface area contributed by atoms with Gasteiger partial charge in [-0.3, -0.25) is 4.79 Å². The van der Waals surface area contributed by atoms with Crippen molar-refractivity contribution >= 4 is 5.97 Å². The maximum Gasteiger partial charge on any atom is 0.306 e. The first-order chi connectivity index (χ1) is 8.02. The molecule has 2 nitrogen and oxygen atoms in total. The number of hydrogen-bond donors (Lipinski definition) is 0. The van der Waals surface area contributed by atoms with Crippen LogP contribution in [0.5, 0.6) is 0 Å². The molecular formula is C16H32O2. The molecule has 0 heterocycles. The van der Waals surface area contributed by atoms with Crippen molar-refractivity contribution in [2.24, 2.45) is 10.8 Å². The first-order valence-corrected chi connectivity index (χ1v) is 7.21. The van der Waals surface area contributed by atoms with E-state index in [1.807, 2.05) is 13.8 Å². The van der Waals surface area contributed by atoms with Gasteiger partial charge in [0.2, 0.25) is 0 Å². The van der Waals surface area contributed by atoms with Crippen LogP contribution in [0.4, 0.5) is 0 Å². The molecule has 0 aromatic rings. The highest BCUT2D eigenvalue weighted by Crippen LogP contribution is 2.36. The van der Waals surface area contributed by atoms with Crippen LogP contribution in [0.15, 0.2) is 0 Å². The lowest BCUT2D eigenvalue weighted by molar-refractivity contribution is -0.147. The van der Waals surface area contributed by atoms with E-state index in [2.05, 4.69) is 34.6 Å². The Hall–Kier alpha value is -0.530. The molecule has 0 aromatic heterocycles. The number of hydrogen-bond acceptors (Lipinski definition) is 2. The second kappa shape index (κ2) is 7.16. The van der Waals surface area contributed by atoms with Crippen LogP contribution in [0.1, 0.15) is 80.6 Å². The molecule has 18 heavy (non-hydrogen) atoms. The van der Waals surface area contributed by atoms with Crippen molar-refractivity contribution in [3.05, 3.63) is 0 Å². The van der Waals surface area contributed by atoms with Crippen LogP contribution in [-0.4, -0.2) is 12.1 Å². The molecule has 0 aliphatic heterocycles. The summed E-state index contributed by atoms with van der Waals surface area (Å²) in [5.74, 6) is -0.0568. The average molecular weight is 256 g/mol. The van der Waals surface area contributed by atoms with Gasteiger partial charge in [0.25, 0.3) is 0 Å². The molecule has 0 radical (unpaired) electrons. The van der Waals surface area contributed by atoms with Gasteiger partial charge in [0.05, 0.1) is 6.10 Å². The van der Waals surface area contributed by atoms with Gasteiger partial charge in [-0.1, -0.05) is 41.0 Å². The third kappa shape index (κ3) is 10.6. The summed E-state index contributed by atoms with van der Waals surface area (Å²) in [5.41, 5.74) is 0.736. The molecule has 0 aliphatic rings. The summed E-state index contributed by atoms with van der Waals surface area (Å²) in [4.78, 5) is 11.4. The number of esters is 1. The predicted molar refractivity (Wildman–Crippen MR) is 77.5 cm³/mol. The molecule has 0 atom stereocenters. The van der Waals surface area contributed by atoms with E-state index in [1.165, 1.54) is 12.8 Å². The van der Waals surface area contributed by atoms with Gasteiger partial charge in [-0.15, -0.1) is 0 Å². The minimum absolute atomic E-state index is 0.00910. The molecule has 0 aromatic carbocycles. The van der Waals surface area contributed by atoms with Gasteiger partial charge in [-0.2, -0.15) is 0 Å². The van der Waals surface area contributed by atoms with Crippen molar-refractivity contribution in [1.29, 1.82) is 0 Å². The summed E-state index contributed by atoms with van der Waals surface area (Å²) in [6, 6.07) is 0. The Morgan fingerprint density at radius 3 is 2.06 bits per heavy atom. The van der Waals surface area contributed by atoms with Crippen molar-refractivity contribution in [2.45, 2.75) is 86.7 Å². The normalized spacial score (nSPS) is 12.9. The van der Waals surface area contributed by atoms with Crippen LogP contribution in [0.25, 0.3) is 0 Å². The maximum absolute atomic E-state index is 11.4. The number of rotatable bonds is 7. The van der Waals surface area contributed by atoms with Gasteiger partial charge in [0.1, 0.15) is 0 Å². The third-order valence-corrected chi connectivity index (χ3v) is 2.86. The van der Waals surface area contributed by atoms with E-state index < -0.39 is 0 Å². The molecule has 0 amide bonds. The number of carbonyl (C=O) groups is 1. The topological polar surface area (TPSA) is 26.3 Å². The van der Waals surface area contributed by atoms with Crippen LogP contribution < -0.4 is 0 Å². The van der Waals surface area contributed by atoms with Crippen LogP contribution in [0, 0.1) is 10.8 Å². The Morgan fingerprint density at radius 1 is 1.06 bits per heavy atom. The van der Waals surface area contributed by atoms with E-state index in [-0.39, 0.29) is 12.1 Å². The largest absolute Gasteiger partial charge is 0.463 e. The second-order valence-corrected chi connectivity index (χ2v) is 7.65. The third-order valence-electron chi connectivity index (χ3n) is 2.86. The number of unbranched alkanes of at least 4 members (excludes halogenated alkanes) is 1. The van der Waals surface area contributed by atoms with Crippen molar-refractivity contribution in [3.63, 3.8) is 0 Å². The molecule has 0 N–H and O–H groups in total. The van der Waals surface area contributed by atoms with Gasteiger partial charge >= 0.3 is 5.97 Å². The Bertz CT molecular complexity index is 246. The molecule has 0 bridgehead atoms. The van der Waals surface area contributed by atoms with Crippen molar-refractivity contribution in [1.82, 2.24) is 0 Å². The molecule has 108 valence electrons. The molecule has 2 heteroatoms. The molecule has 0 spiro atoms. The van der Waals surface area contributed by atoms with E-state index in [1.54, 1.807) is 0 Å². The van der Waals surface area contributed by atoms with Gasteiger partial charge in [-0.05, 0) is 43.9 Å². The van der Waals surface area contributed by atoms with E-state index >= 15 is 0 Å². The lowest BCUT2D eigenvalue weighted by Crippen LogP contribution is -2.20. The summed E-state index contributed by atoms with van der Waals surface area (Å²) < 4.78 is 5.12. The summed E-state index contributed by atoms with van der Waals surface area (Å²) >= 11 is 0. The van der Waals surface area contributed by atoms with Gasteiger partial charge in [0, 0.05) is 6.42 Å². The van der Waals surface area contributed by atoms with Crippen molar-refractivity contribution in [3.8, 4) is 0 Å². The van der Waals surface area contributed by atoms with E-state index in [0.717, 1.165) is 12.8 Å². The Labute approximate surface area is 113 Å². The lowest BCUT2D eigenvalue weighted by atomic mass is 9.73. The SMILES string of the molecule is CC(C)OC(=O)CCCCC(C)(C)CC(C)(C)C. The van der Waals surface area contributed by atoms with Crippen LogP contribution >= 0.6 is 0 Å².